The van der Waals surface area contributed by atoms with Crippen molar-refractivity contribution in [3.05, 3.63) is 24.3 Å². The lowest BCUT2D eigenvalue weighted by Gasteiger charge is -2.02. The van der Waals surface area contributed by atoms with E-state index in [9.17, 15) is 0 Å². The molecule has 0 nitrogen and oxygen atoms in total. The van der Waals surface area contributed by atoms with Crippen LogP contribution in [-0.2, 0) is 0 Å². The zero-order chi connectivity index (χ0) is 21.8. The first kappa shape index (κ1) is 29.5. The summed E-state index contributed by atoms with van der Waals surface area (Å²) in [6.07, 6.45) is 43.4. The van der Waals surface area contributed by atoms with Gasteiger partial charge in [-0.2, -0.15) is 0 Å². The fourth-order valence-electron chi connectivity index (χ4n) is 4.14. The van der Waals surface area contributed by atoms with Gasteiger partial charge in [-0.15, -0.1) is 0 Å². The van der Waals surface area contributed by atoms with Gasteiger partial charge in [0.05, 0.1) is 0 Å². The van der Waals surface area contributed by atoms with Crippen molar-refractivity contribution in [2.45, 2.75) is 168 Å². The summed E-state index contributed by atoms with van der Waals surface area (Å²) >= 11 is 0. The van der Waals surface area contributed by atoms with Crippen molar-refractivity contribution < 1.29 is 0 Å². The van der Waals surface area contributed by atoms with E-state index in [1.165, 1.54) is 154 Å². The Morgan fingerprint density at radius 2 is 0.467 bits per heavy atom. The van der Waals surface area contributed by atoms with Crippen LogP contribution in [0.15, 0.2) is 24.3 Å². The molecule has 0 fully saturated rings. The summed E-state index contributed by atoms with van der Waals surface area (Å²) in [5.74, 6) is 0. The van der Waals surface area contributed by atoms with Crippen LogP contribution in [-0.4, -0.2) is 0 Å². The molecule has 0 heteroatoms. The third kappa shape index (κ3) is 27.5. The molecule has 0 radical (unpaired) electrons. The molecule has 0 atom stereocenters. The first-order chi connectivity index (χ1) is 14.9. The first-order valence-electron chi connectivity index (χ1n) is 14.2. The SMILES string of the molecule is CCCCCCC=CCCCCCCCCCCCCC=CCCCCCCCC. The van der Waals surface area contributed by atoms with Crippen LogP contribution in [0.4, 0.5) is 0 Å². The summed E-state index contributed by atoms with van der Waals surface area (Å²) < 4.78 is 0. The van der Waals surface area contributed by atoms with Gasteiger partial charge in [0.15, 0.2) is 0 Å². The highest BCUT2D eigenvalue weighted by Crippen LogP contribution is 2.13. The minimum atomic E-state index is 1.30. The van der Waals surface area contributed by atoms with Gasteiger partial charge in [0.1, 0.15) is 0 Å². The number of rotatable bonds is 25. The molecule has 0 aliphatic heterocycles. The lowest BCUT2D eigenvalue weighted by Crippen LogP contribution is -1.82. The van der Waals surface area contributed by atoms with Crippen molar-refractivity contribution in [2.75, 3.05) is 0 Å². The van der Waals surface area contributed by atoms with Gasteiger partial charge < -0.3 is 0 Å². The third-order valence-corrected chi connectivity index (χ3v) is 6.27. The maximum Gasteiger partial charge on any atom is -0.0351 e. The van der Waals surface area contributed by atoms with E-state index < -0.39 is 0 Å². The monoisotopic (exact) mass is 418 g/mol. The van der Waals surface area contributed by atoms with E-state index in [-0.39, 0.29) is 0 Å². The topological polar surface area (TPSA) is 0 Å². The summed E-state index contributed by atoms with van der Waals surface area (Å²) in [5, 5.41) is 0. The predicted octanol–water partition coefficient (Wildman–Crippen LogP) is 11.5. The van der Waals surface area contributed by atoms with Gasteiger partial charge in [-0.25, -0.2) is 0 Å². The fraction of sp³-hybridized carbons (Fsp3) is 0.867. The molecule has 178 valence electrons. The average Bonchev–Trinajstić information content (AvgIpc) is 2.76. The van der Waals surface area contributed by atoms with Crippen LogP contribution >= 0.6 is 0 Å². The third-order valence-electron chi connectivity index (χ3n) is 6.27. The standard InChI is InChI=1S/C30H58/c1-3-5-7-9-11-13-15-17-19-21-23-25-27-29-30-28-26-24-22-20-18-16-14-12-10-8-6-4-2/h13,15,18,20H,3-12,14,16-17,19,21-30H2,1-2H3. The molecule has 0 unspecified atom stereocenters. The normalized spacial score (nSPS) is 11.9. The van der Waals surface area contributed by atoms with Gasteiger partial charge in [0, 0.05) is 0 Å². The molecule has 0 aromatic rings. The molecule has 0 saturated carbocycles. The molecule has 0 aliphatic rings. The Morgan fingerprint density at radius 3 is 0.733 bits per heavy atom. The van der Waals surface area contributed by atoms with Gasteiger partial charge in [-0.3, -0.25) is 0 Å². The highest BCUT2D eigenvalue weighted by molar-refractivity contribution is 4.82. The summed E-state index contributed by atoms with van der Waals surface area (Å²) in [5.41, 5.74) is 0. The molecule has 0 aromatic heterocycles. The van der Waals surface area contributed by atoms with Crippen LogP contribution < -0.4 is 0 Å². The van der Waals surface area contributed by atoms with Crippen molar-refractivity contribution in [1.82, 2.24) is 0 Å². The Hall–Kier alpha value is -0.520. The van der Waals surface area contributed by atoms with Gasteiger partial charge in [-0.05, 0) is 51.4 Å². The van der Waals surface area contributed by atoms with Crippen molar-refractivity contribution in [1.29, 1.82) is 0 Å². The minimum absolute atomic E-state index is 1.30. The molecule has 0 heterocycles. The van der Waals surface area contributed by atoms with Gasteiger partial charge >= 0.3 is 0 Å². The number of unbranched alkanes of at least 4 members (excludes halogenated alkanes) is 21. The smallest absolute Gasteiger partial charge is 0.0351 e. The van der Waals surface area contributed by atoms with E-state index in [0.29, 0.717) is 0 Å². The van der Waals surface area contributed by atoms with Crippen LogP contribution in [0.2, 0.25) is 0 Å². The maximum absolute atomic E-state index is 2.44. The van der Waals surface area contributed by atoms with Crippen LogP contribution in [0, 0.1) is 0 Å². The minimum Gasteiger partial charge on any atom is -0.0885 e. The Morgan fingerprint density at radius 1 is 0.267 bits per heavy atom. The number of hydrogen-bond acceptors (Lipinski definition) is 0. The zero-order valence-corrected chi connectivity index (χ0v) is 21.3. The van der Waals surface area contributed by atoms with E-state index >= 15 is 0 Å². The maximum atomic E-state index is 2.44. The Balaban J connectivity index is 3.09. The van der Waals surface area contributed by atoms with E-state index in [0.717, 1.165) is 0 Å². The second-order valence-corrected chi connectivity index (χ2v) is 9.46. The van der Waals surface area contributed by atoms with Crippen LogP contribution in [0.3, 0.4) is 0 Å². The Labute approximate surface area is 192 Å². The first-order valence-corrected chi connectivity index (χ1v) is 14.2. The highest BCUT2D eigenvalue weighted by atomic mass is 14.0. The largest absolute Gasteiger partial charge is 0.0885 e. The summed E-state index contributed by atoms with van der Waals surface area (Å²) in [6, 6.07) is 0. The summed E-state index contributed by atoms with van der Waals surface area (Å²) in [7, 11) is 0. The lowest BCUT2D eigenvalue weighted by atomic mass is 10.0. The quantitative estimate of drug-likeness (QED) is 0.102. The molecule has 30 heavy (non-hydrogen) atoms. The van der Waals surface area contributed by atoms with Crippen molar-refractivity contribution in [2.24, 2.45) is 0 Å². The van der Waals surface area contributed by atoms with E-state index in [4.69, 9.17) is 0 Å². The van der Waals surface area contributed by atoms with Crippen LogP contribution in [0.5, 0.6) is 0 Å². The molecule has 0 amide bonds. The Bertz CT molecular complexity index is 338. The molecule has 0 aromatic carbocycles. The second kappa shape index (κ2) is 28.5. The number of hydrogen-bond donors (Lipinski definition) is 0. The summed E-state index contributed by atoms with van der Waals surface area (Å²) in [6.45, 7) is 4.58. The molecule has 0 rings (SSSR count). The number of allylic oxidation sites excluding steroid dienone is 4. The van der Waals surface area contributed by atoms with Crippen LogP contribution in [0.25, 0.3) is 0 Å². The summed E-state index contributed by atoms with van der Waals surface area (Å²) in [4.78, 5) is 0. The van der Waals surface area contributed by atoms with E-state index in [1.54, 1.807) is 0 Å². The van der Waals surface area contributed by atoms with Crippen molar-refractivity contribution >= 4 is 0 Å². The van der Waals surface area contributed by atoms with E-state index in [1.807, 2.05) is 0 Å². The van der Waals surface area contributed by atoms with Crippen molar-refractivity contribution in [3.63, 3.8) is 0 Å². The van der Waals surface area contributed by atoms with Crippen LogP contribution in [0.1, 0.15) is 168 Å². The lowest BCUT2D eigenvalue weighted by molar-refractivity contribution is 0.553. The molecular weight excluding hydrogens is 360 g/mol. The fourth-order valence-corrected chi connectivity index (χ4v) is 4.14. The molecule has 0 aliphatic carbocycles. The molecular formula is C30H58. The van der Waals surface area contributed by atoms with E-state index in [2.05, 4.69) is 38.2 Å². The van der Waals surface area contributed by atoms with Gasteiger partial charge in [0.2, 0.25) is 0 Å². The molecule has 0 spiro atoms. The molecule has 0 saturated heterocycles. The van der Waals surface area contributed by atoms with Gasteiger partial charge in [0.25, 0.3) is 0 Å². The highest BCUT2D eigenvalue weighted by Gasteiger charge is 1.93. The average molecular weight is 419 g/mol. The Kier molecular flexibility index (Phi) is 28.0. The van der Waals surface area contributed by atoms with Crippen molar-refractivity contribution in [3.8, 4) is 0 Å². The zero-order valence-electron chi connectivity index (χ0n) is 21.3. The van der Waals surface area contributed by atoms with Gasteiger partial charge in [-0.1, -0.05) is 141 Å². The predicted molar refractivity (Wildman–Crippen MR) is 140 cm³/mol. The molecule has 0 bridgehead atoms. The molecule has 0 N–H and O–H groups in total. The second-order valence-electron chi connectivity index (χ2n) is 9.46.